The monoisotopic (exact) mass is 521 g/mol. The lowest BCUT2D eigenvalue weighted by Gasteiger charge is -2.20. The maximum atomic E-state index is 13.4. The molecular weight excluding hydrogens is 513 g/mol. The number of nitrogens with zero attached hydrogens (tertiary/aromatic N) is 2. The molecule has 30 heavy (non-hydrogen) atoms. The Labute approximate surface area is 188 Å². The lowest BCUT2D eigenvalue weighted by molar-refractivity contribution is 0.112. The molecule has 0 spiro atoms. The zero-order valence-electron chi connectivity index (χ0n) is 14.4. The van der Waals surface area contributed by atoms with Crippen LogP contribution in [0.3, 0.4) is 0 Å². The Morgan fingerprint density at radius 3 is 1.93 bits per heavy atom. The van der Waals surface area contributed by atoms with Crippen molar-refractivity contribution in [3.8, 4) is 0 Å². The van der Waals surface area contributed by atoms with Crippen molar-refractivity contribution in [2.24, 2.45) is 0 Å². The first-order chi connectivity index (χ1) is 14.2. The predicted molar refractivity (Wildman–Crippen MR) is 117 cm³/mol. The quantitative estimate of drug-likeness (QED) is 0.376. The van der Waals surface area contributed by atoms with Crippen LogP contribution in [0, 0.1) is 0 Å². The van der Waals surface area contributed by atoms with E-state index in [1.54, 1.807) is 12.1 Å². The molecule has 0 bridgehead atoms. The van der Waals surface area contributed by atoms with Crippen LogP contribution in [0.15, 0.2) is 50.9 Å². The van der Waals surface area contributed by atoms with E-state index in [1.165, 1.54) is 30.3 Å². The molecular formula is C16H9Cl2N3O5S4. The van der Waals surface area contributed by atoms with Gasteiger partial charge in [0.25, 0.3) is 20.0 Å². The van der Waals surface area contributed by atoms with Crippen molar-refractivity contribution in [1.29, 1.82) is 0 Å². The number of benzene rings is 1. The Morgan fingerprint density at radius 1 is 0.900 bits per heavy atom. The summed E-state index contributed by atoms with van der Waals surface area (Å²) in [5, 5.41) is 6.55. The molecule has 0 amide bonds. The van der Waals surface area contributed by atoms with Gasteiger partial charge in [0.2, 0.25) is 0 Å². The minimum absolute atomic E-state index is 0.0463. The number of sulfonamides is 2. The number of H-pyrrole nitrogens is 1. The number of aromatic amines is 1. The van der Waals surface area contributed by atoms with E-state index in [2.05, 4.69) is 10.2 Å². The number of aldehydes is 1. The van der Waals surface area contributed by atoms with E-state index in [-0.39, 0.29) is 31.8 Å². The van der Waals surface area contributed by atoms with E-state index in [0.29, 0.717) is 34.5 Å². The lowest BCUT2D eigenvalue weighted by Crippen LogP contribution is -2.36. The van der Waals surface area contributed by atoms with Crippen molar-refractivity contribution in [1.82, 2.24) is 10.2 Å². The third-order valence-corrected chi connectivity index (χ3v) is 11.4. The lowest BCUT2D eigenvalue weighted by atomic mass is 10.1. The second kappa shape index (κ2) is 7.62. The molecule has 156 valence electrons. The Morgan fingerprint density at radius 2 is 1.47 bits per heavy atom. The third-order valence-electron chi connectivity index (χ3n) is 3.94. The zero-order chi connectivity index (χ0) is 21.7. The molecule has 0 saturated heterocycles. The number of carbonyl (C=O) groups is 1. The van der Waals surface area contributed by atoms with Crippen molar-refractivity contribution < 1.29 is 21.6 Å². The smallest absolute Gasteiger partial charge is 0.288 e. The fourth-order valence-electron chi connectivity index (χ4n) is 2.71. The summed E-state index contributed by atoms with van der Waals surface area (Å²) in [6, 6.07) is 9.59. The van der Waals surface area contributed by atoms with E-state index < -0.39 is 25.9 Å². The van der Waals surface area contributed by atoms with Crippen molar-refractivity contribution in [2.75, 3.05) is 3.71 Å². The molecule has 3 aromatic heterocycles. The van der Waals surface area contributed by atoms with E-state index in [4.69, 9.17) is 23.2 Å². The van der Waals surface area contributed by atoms with Crippen LogP contribution in [0.25, 0.3) is 10.9 Å². The Bertz CT molecular complexity index is 1420. The molecule has 0 aliphatic rings. The number of carbonyl (C=O) groups excluding carboxylic acids is 1. The Balaban J connectivity index is 2.07. The molecule has 0 atom stereocenters. The Kier molecular flexibility index (Phi) is 5.41. The van der Waals surface area contributed by atoms with Crippen LogP contribution in [0.2, 0.25) is 8.67 Å². The summed E-state index contributed by atoms with van der Waals surface area (Å²) >= 11 is 13.1. The number of aromatic nitrogens is 2. The predicted octanol–water partition coefficient (Wildman–Crippen LogP) is 4.39. The highest BCUT2D eigenvalue weighted by molar-refractivity contribution is 8.11. The highest BCUT2D eigenvalue weighted by Crippen LogP contribution is 2.39. The first kappa shape index (κ1) is 21.3. The van der Waals surface area contributed by atoms with Gasteiger partial charge in [0.15, 0.2) is 12.1 Å². The van der Waals surface area contributed by atoms with E-state index in [0.717, 1.165) is 0 Å². The molecule has 1 aromatic carbocycles. The molecule has 8 nitrogen and oxygen atoms in total. The highest BCUT2D eigenvalue weighted by atomic mass is 35.5. The minimum atomic E-state index is -4.67. The third kappa shape index (κ3) is 3.43. The fourth-order valence-corrected chi connectivity index (χ4v) is 9.69. The van der Waals surface area contributed by atoms with Crippen LogP contribution in [0.4, 0.5) is 5.82 Å². The van der Waals surface area contributed by atoms with Crippen LogP contribution in [0.1, 0.15) is 10.4 Å². The summed E-state index contributed by atoms with van der Waals surface area (Å²) in [4.78, 5) is 11.5. The van der Waals surface area contributed by atoms with Crippen LogP contribution >= 0.6 is 45.9 Å². The number of fused-ring (bicyclic) bond motifs is 1. The van der Waals surface area contributed by atoms with E-state index >= 15 is 0 Å². The largest absolute Gasteiger partial charge is 0.298 e. The van der Waals surface area contributed by atoms with Crippen molar-refractivity contribution >= 4 is 88.9 Å². The molecule has 0 aliphatic carbocycles. The topological polar surface area (TPSA) is 117 Å². The molecule has 4 aromatic rings. The average Bonchev–Trinajstić information content (AvgIpc) is 3.42. The summed E-state index contributed by atoms with van der Waals surface area (Å²) in [5.74, 6) is -0.457. The average molecular weight is 522 g/mol. The molecule has 0 aliphatic heterocycles. The van der Waals surface area contributed by atoms with Gasteiger partial charge in [-0.3, -0.25) is 9.89 Å². The molecule has 0 radical (unpaired) electrons. The highest BCUT2D eigenvalue weighted by Gasteiger charge is 2.41. The number of hydrogen-bond donors (Lipinski definition) is 1. The van der Waals surface area contributed by atoms with E-state index in [9.17, 15) is 21.6 Å². The number of rotatable bonds is 6. The van der Waals surface area contributed by atoms with Crippen LogP contribution < -0.4 is 3.71 Å². The van der Waals surface area contributed by atoms with Crippen molar-refractivity contribution in [3.05, 3.63) is 56.7 Å². The van der Waals surface area contributed by atoms with Gasteiger partial charge in [-0.05, 0) is 30.3 Å². The minimum Gasteiger partial charge on any atom is -0.298 e. The molecule has 3 heterocycles. The van der Waals surface area contributed by atoms with Gasteiger partial charge < -0.3 is 0 Å². The summed E-state index contributed by atoms with van der Waals surface area (Å²) in [7, 11) is -9.34. The fraction of sp³-hybridized carbons (Fsp3) is 0. The molecule has 0 unspecified atom stereocenters. The first-order valence-electron chi connectivity index (χ1n) is 7.90. The molecule has 4 rings (SSSR count). The van der Waals surface area contributed by atoms with Crippen LogP contribution in [-0.4, -0.2) is 33.3 Å². The maximum Gasteiger partial charge on any atom is 0.288 e. The SMILES string of the molecule is O=Cc1cccc2[nH]nc(N(S(=O)(=O)c3ccc(Cl)s3)S(=O)(=O)c3ccc(Cl)s3)c12. The van der Waals surface area contributed by atoms with Gasteiger partial charge >= 0.3 is 0 Å². The van der Waals surface area contributed by atoms with Crippen molar-refractivity contribution in [2.45, 2.75) is 8.42 Å². The van der Waals surface area contributed by atoms with Crippen LogP contribution in [0.5, 0.6) is 0 Å². The van der Waals surface area contributed by atoms with Gasteiger partial charge in [-0.15, -0.1) is 26.4 Å². The number of halogens is 2. The van der Waals surface area contributed by atoms with Gasteiger partial charge in [-0.25, -0.2) is 0 Å². The van der Waals surface area contributed by atoms with E-state index in [1.807, 2.05) is 0 Å². The van der Waals surface area contributed by atoms with Gasteiger partial charge in [-0.1, -0.05) is 35.3 Å². The van der Waals surface area contributed by atoms with Crippen molar-refractivity contribution in [3.63, 3.8) is 0 Å². The normalized spacial score (nSPS) is 12.3. The number of thiophene rings is 2. The number of anilines is 1. The summed E-state index contributed by atoms with van der Waals surface area (Å²) in [5.41, 5.74) is 0.360. The standard InChI is InChI=1S/C16H9Cl2N3O5S4/c17-11-4-6-13(27-11)29(23,24)21(30(25,26)14-7-5-12(18)28-14)16-15-9(8-22)2-1-3-10(15)19-20-16/h1-8H,(H,19,20). The molecule has 0 fully saturated rings. The summed E-state index contributed by atoms with van der Waals surface area (Å²) < 4.78 is 53.7. The number of nitrogens with one attached hydrogen (secondary N) is 1. The van der Waals surface area contributed by atoms with Gasteiger partial charge in [0.1, 0.15) is 8.42 Å². The van der Waals surface area contributed by atoms with Gasteiger partial charge in [0, 0.05) is 5.56 Å². The summed E-state index contributed by atoms with van der Waals surface area (Å²) in [6.07, 6.45) is 0.489. The first-order valence-corrected chi connectivity index (χ1v) is 13.2. The second-order valence-corrected chi connectivity index (χ2v) is 13.4. The second-order valence-electron chi connectivity index (χ2n) is 5.76. The van der Waals surface area contributed by atoms with Gasteiger partial charge in [-0.2, -0.15) is 21.9 Å². The Hall–Kier alpha value is -1.96. The van der Waals surface area contributed by atoms with Crippen LogP contribution in [-0.2, 0) is 20.0 Å². The summed E-state index contributed by atoms with van der Waals surface area (Å²) in [6.45, 7) is 0. The van der Waals surface area contributed by atoms with Gasteiger partial charge in [0.05, 0.1) is 19.6 Å². The maximum absolute atomic E-state index is 13.4. The molecule has 14 heteroatoms. The zero-order valence-corrected chi connectivity index (χ0v) is 19.2. The molecule has 1 N–H and O–H groups in total. The number of hydrogen-bond acceptors (Lipinski definition) is 8. The molecule has 0 saturated carbocycles.